The van der Waals surface area contributed by atoms with E-state index in [4.69, 9.17) is 4.74 Å². The van der Waals surface area contributed by atoms with E-state index in [0.29, 0.717) is 17.7 Å². The van der Waals surface area contributed by atoms with Crippen LogP contribution in [0.15, 0.2) is 48.2 Å². The Morgan fingerprint density at radius 2 is 2.06 bits per heavy atom. The summed E-state index contributed by atoms with van der Waals surface area (Å²) in [7, 11) is 1.68. The van der Waals surface area contributed by atoms with Gasteiger partial charge in [-0.3, -0.25) is 4.79 Å². The van der Waals surface area contributed by atoms with Crippen LogP contribution in [0.3, 0.4) is 0 Å². The first-order chi connectivity index (χ1) is 15.5. The lowest BCUT2D eigenvalue weighted by atomic mass is 10.0. The summed E-state index contributed by atoms with van der Waals surface area (Å²) in [5, 5.41) is 13.5. The number of aryl methyl sites for hydroxylation is 1. The second-order valence-corrected chi connectivity index (χ2v) is 7.33. The van der Waals surface area contributed by atoms with Crippen LogP contribution >= 0.6 is 0 Å². The average molecular weight is 436 g/mol. The number of carbonyl (C=O) groups excluding carboxylic acids is 1. The monoisotopic (exact) mass is 435 g/mol. The third kappa shape index (κ3) is 5.89. The van der Waals surface area contributed by atoms with Gasteiger partial charge in [-0.05, 0) is 63.5 Å². The van der Waals surface area contributed by atoms with Crippen molar-refractivity contribution in [2.24, 2.45) is 0 Å². The molecule has 0 saturated carbocycles. The number of carbonyl (C=O) groups is 1. The first-order valence-electron chi connectivity index (χ1n) is 11.0. The SMILES string of the molecule is CCC(C)Oc1ccc2c(C#N)c(C3=CCC=CC(NC=O)=C3)n(CC)c2c1.CCOC. The van der Waals surface area contributed by atoms with Crippen molar-refractivity contribution < 1.29 is 14.3 Å². The number of nitrogens with zero attached hydrogens (tertiary/aromatic N) is 2. The summed E-state index contributed by atoms with van der Waals surface area (Å²) < 4.78 is 12.7. The van der Waals surface area contributed by atoms with E-state index in [2.05, 4.69) is 40.6 Å². The van der Waals surface area contributed by atoms with Crippen molar-refractivity contribution >= 4 is 22.9 Å². The Bertz CT molecular complexity index is 1050. The van der Waals surface area contributed by atoms with E-state index in [9.17, 15) is 10.1 Å². The summed E-state index contributed by atoms with van der Waals surface area (Å²) in [5.74, 6) is 0.806. The predicted octanol–water partition coefficient (Wildman–Crippen LogP) is 5.34. The van der Waals surface area contributed by atoms with Crippen molar-refractivity contribution in [1.29, 1.82) is 5.26 Å². The molecule has 3 rings (SSSR count). The first-order valence-corrected chi connectivity index (χ1v) is 11.0. The molecule has 1 N–H and O–H groups in total. The Kier molecular flexibility index (Phi) is 9.77. The Morgan fingerprint density at radius 1 is 1.31 bits per heavy atom. The minimum atomic E-state index is 0.132. The maximum atomic E-state index is 10.9. The topological polar surface area (TPSA) is 76.3 Å². The van der Waals surface area contributed by atoms with Crippen LogP contribution in [-0.2, 0) is 16.1 Å². The van der Waals surface area contributed by atoms with Gasteiger partial charge in [-0.25, -0.2) is 0 Å². The second kappa shape index (κ2) is 12.5. The fourth-order valence-corrected chi connectivity index (χ4v) is 3.45. The van der Waals surface area contributed by atoms with Crippen molar-refractivity contribution in [2.75, 3.05) is 13.7 Å². The summed E-state index contributed by atoms with van der Waals surface area (Å²) in [6.45, 7) is 9.70. The minimum Gasteiger partial charge on any atom is -0.491 e. The van der Waals surface area contributed by atoms with Gasteiger partial charge in [-0.15, -0.1) is 0 Å². The number of fused-ring (bicyclic) bond motifs is 1. The van der Waals surface area contributed by atoms with E-state index in [1.807, 2.05) is 50.3 Å². The molecular formula is C26H33N3O3. The number of benzene rings is 1. The molecular weight excluding hydrogens is 402 g/mol. The highest BCUT2D eigenvalue weighted by molar-refractivity contribution is 5.95. The Balaban J connectivity index is 0.000000837. The maximum Gasteiger partial charge on any atom is 0.211 e. The van der Waals surface area contributed by atoms with Gasteiger partial charge >= 0.3 is 0 Å². The first kappa shape index (κ1) is 25.0. The highest BCUT2D eigenvalue weighted by Crippen LogP contribution is 2.34. The molecule has 1 heterocycles. The third-order valence-corrected chi connectivity index (χ3v) is 5.25. The molecule has 6 nitrogen and oxygen atoms in total. The van der Waals surface area contributed by atoms with Crippen LogP contribution in [0.5, 0.6) is 5.75 Å². The van der Waals surface area contributed by atoms with Crippen molar-refractivity contribution in [2.45, 2.75) is 53.2 Å². The number of ether oxygens (including phenoxy) is 2. The molecule has 170 valence electrons. The van der Waals surface area contributed by atoms with Gasteiger partial charge in [0.1, 0.15) is 11.8 Å². The van der Waals surface area contributed by atoms with Gasteiger partial charge in [0, 0.05) is 37.4 Å². The molecule has 1 atom stereocenters. The molecule has 32 heavy (non-hydrogen) atoms. The molecule has 1 aliphatic rings. The van der Waals surface area contributed by atoms with E-state index in [0.717, 1.165) is 53.9 Å². The molecule has 0 spiro atoms. The molecule has 0 saturated heterocycles. The Hall–Kier alpha value is -3.30. The molecule has 1 unspecified atom stereocenters. The number of amides is 1. The lowest BCUT2D eigenvalue weighted by Gasteiger charge is -2.13. The van der Waals surface area contributed by atoms with Crippen molar-refractivity contribution in [3.8, 4) is 11.8 Å². The van der Waals surface area contributed by atoms with Crippen molar-refractivity contribution in [3.05, 3.63) is 59.5 Å². The van der Waals surface area contributed by atoms with E-state index < -0.39 is 0 Å². The zero-order valence-corrected chi connectivity index (χ0v) is 19.6. The van der Waals surface area contributed by atoms with Crippen molar-refractivity contribution in [1.82, 2.24) is 9.88 Å². The van der Waals surface area contributed by atoms with Crippen LogP contribution in [0, 0.1) is 11.3 Å². The summed E-state index contributed by atoms with van der Waals surface area (Å²) >= 11 is 0. The molecule has 1 aliphatic carbocycles. The predicted molar refractivity (Wildman–Crippen MR) is 129 cm³/mol. The molecule has 0 fully saturated rings. The van der Waals surface area contributed by atoms with Crippen LogP contribution < -0.4 is 10.1 Å². The molecule has 0 aliphatic heterocycles. The quantitative estimate of drug-likeness (QED) is 0.568. The summed E-state index contributed by atoms with van der Waals surface area (Å²) in [6, 6.07) is 8.29. The number of aromatic nitrogens is 1. The number of nitrogens with one attached hydrogen (secondary N) is 1. The number of rotatable bonds is 8. The van der Waals surface area contributed by atoms with E-state index in [-0.39, 0.29) is 6.10 Å². The number of hydrogen-bond donors (Lipinski definition) is 1. The van der Waals surface area contributed by atoms with Crippen LogP contribution in [0.2, 0.25) is 0 Å². The number of allylic oxidation sites excluding steroid dienone is 5. The number of methoxy groups -OCH3 is 1. The highest BCUT2D eigenvalue weighted by atomic mass is 16.5. The largest absolute Gasteiger partial charge is 0.491 e. The van der Waals surface area contributed by atoms with Gasteiger partial charge in [0.05, 0.1) is 22.9 Å². The fraction of sp³-hybridized carbons (Fsp3) is 0.385. The molecule has 1 aromatic carbocycles. The fourth-order valence-electron chi connectivity index (χ4n) is 3.45. The number of nitriles is 1. The normalized spacial score (nSPS) is 13.8. The molecule has 6 heteroatoms. The smallest absolute Gasteiger partial charge is 0.211 e. The van der Waals surface area contributed by atoms with Crippen LogP contribution in [0.25, 0.3) is 16.5 Å². The van der Waals surface area contributed by atoms with E-state index in [1.165, 1.54) is 0 Å². The summed E-state index contributed by atoms with van der Waals surface area (Å²) in [6.07, 6.45) is 10.3. The maximum absolute atomic E-state index is 10.9. The van der Waals surface area contributed by atoms with Gasteiger partial charge in [-0.2, -0.15) is 5.26 Å². The van der Waals surface area contributed by atoms with Crippen LogP contribution in [-0.4, -0.2) is 30.8 Å². The van der Waals surface area contributed by atoms with Crippen LogP contribution in [0.4, 0.5) is 0 Å². The van der Waals surface area contributed by atoms with Crippen LogP contribution in [0.1, 0.15) is 51.8 Å². The van der Waals surface area contributed by atoms with Gasteiger partial charge in [-0.1, -0.05) is 19.1 Å². The van der Waals surface area contributed by atoms with Gasteiger partial charge in [0.15, 0.2) is 0 Å². The lowest BCUT2D eigenvalue weighted by Crippen LogP contribution is -2.09. The average Bonchev–Trinajstić information content (AvgIpc) is 2.94. The minimum absolute atomic E-state index is 0.132. The van der Waals surface area contributed by atoms with E-state index in [1.54, 1.807) is 7.11 Å². The molecule has 0 radical (unpaired) electrons. The molecule has 0 bridgehead atoms. The van der Waals surface area contributed by atoms with Gasteiger partial charge in [0.25, 0.3) is 0 Å². The van der Waals surface area contributed by atoms with Crippen molar-refractivity contribution in [3.63, 3.8) is 0 Å². The van der Waals surface area contributed by atoms with E-state index >= 15 is 0 Å². The molecule has 1 amide bonds. The summed E-state index contributed by atoms with van der Waals surface area (Å²) in [5.41, 5.74) is 4.12. The third-order valence-electron chi connectivity index (χ3n) is 5.25. The Labute approximate surface area is 190 Å². The molecule has 1 aromatic heterocycles. The zero-order chi connectivity index (χ0) is 23.5. The summed E-state index contributed by atoms with van der Waals surface area (Å²) in [4.78, 5) is 10.9. The lowest BCUT2D eigenvalue weighted by molar-refractivity contribution is -0.108. The zero-order valence-electron chi connectivity index (χ0n) is 19.6. The standard InChI is InChI=1S/C23H25N3O2.C3H8O/c1-4-16(3)28-19-10-11-20-21(14-24)23(26(5-2)22(20)13-19)17-8-6-7-9-18(12-17)25-15-27;1-3-4-2/h7-13,15-16H,4-6H2,1-3H3,(H,25,27);3H2,1-2H3. The van der Waals surface area contributed by atoms with Gasteiger partial charge in [0.2, 0.25) is 6.41 Å². The highest BCUT2D eigenvalue weighted by Gasteiger charge is 2.20. The Morgan fingerprint density at radius 3 is 2.66 bits per heavy atom. The number of hydrogen-bond acceptors (Lipinski definition) is 4. The molecule has 2 aromatic rings. The van der Waals surface area contributed by atoms with Gasteiger partial charge < -0.3 is 19.4 Å². The second-order valence-electron chi connectivity index (χ2n) is 7.33.